The van der Waals surface area contributed by atoms with Crippen molar-refractivity contribution in [3.63, 3.8) is 0 Å². The highest BCUT2D eigenvalue weighted by molar-refractivity contribution is 7.50. The van der Waals surface area contributed by atoms with Crippen LogP contribution in [0, 0.1) is 10.1 Å². The molecule has 1 N–H and O–H groups in total. The zero-order chi connectivity index (χ0) is 10.8. The van der Waals surface area contributed by atoms with E-state index in [1.807, 2.05) is 0 Å². The number of phosphoric ester groups is 1. The molecule has 2 aliphatic rings. The Hall–Kier alpha value is -1.95. The second kappa shape index (κ2) is 2.17. The molecule has 2 bridgehead atoms. The van der Waals surface area contributed by atoms with Crippen LogP contribution in [-0.2, 0) is 4.57 Å². The van der Waals surface area contributed by atoms with Crippen molar-refractivity contribution >= 4 is 13.5 Å². The third-order valence-corrected chi connectivity index (χ3v) is 3.19. The normalized spacial score (nSPS) is 24.3. The molecule has 8 nitrogen and oxygen atoms in total. The summed E-state index contributed by atoms with van der Waals surface area (Å²) in [5.74, 6) is -1.07. The van der Waals surface area contributed by atoms with Crippen molar-refractivity contribution in [2.75, 3.05) is 0 Å². The van der Waals surface area contributed by atoms with Crippen LogP contribution in [-0.4, -0.2) is 10.0 Å². The Morgan fingerprint density at radius 1 is 1.33 bits per heavy atom. The number of aromatic hydroxyl groups is 1. The van der Waals surface area contributed by atoms with Crippen molar-refractivity contribution in [2.45, 2.75) is 0 Å². The average Bonchev–Trinajstić information content (AvgIpc) is 2.54. The highest BCUT2D eigenvalue weighted by Gasteiger charge is 2.54. The van der Waals surface area contributed by atoms with Crippen molar-refractivity contribution in [3.8, 4) is 23.0 Å². The Labute approximate surface area is 81.8 Å². The third kappa shape index (κ3) is 0.887. The third-order valence-electron chi connectivity index (χ3n) is 1.95. The number of phenols is 1. The second-order valence-corrected chi connectivity index (χ2v) is 4.32. The molecule has 0 saturated heterocycles. The minimum atomic E-state index is -3.75. The molecule has 0 spiro atoms. The molecule has 78 valence electrons. The van der Waals surface area contributed by atoms with Gasteiger partial charge in [0.1, 0.15) is 0 Å². The van der Waals surface area contributed by atoms with Crippen LogP contribution in [0.15, 0.2) is 6.07 Å². The summed E-state index contributed by atoms with van der Waals surface area (Å²) in [6.45, 7) is 0. The number of hydrogen-bond donors (Lipinski definition) is 1. The number of nitro groups is 1. The van der Waals surface area contributed by atoms with Gasteiger partial charge in [0.15, 0.2) is 5.75 Å². The van der Waals surface area contributed by atoms with Gasteiger partial charge in [0.25, 0.3) is 5.75 Å². The van der Waals surface area contributed by atoms with Gasteiger partial charge in [0, 0.05) is 6.07 Å². The smallest absolute Gasteiger partial charge is 0.502 e. The molecule has 1 atom stereocenters. The summed E-state index contributed by atoms with van der Waals surface area (Å²) in [5, 5.41) is 19.9. The van der Waals surface area contributed by atoms with Gasteiger partial charge < -0.3 is 18.7 Å². The van der Waals surface area contributed by atoms with E-state index >= 15 is 0 Å². The first-order valence-electron chi connectivity index (χ1n) is 3.73. The van der Waals surface area contributed by atoms with Gasteiger partial charge in [0.05, 0.1) is 4.92 Å². The maximum Gasteiger partial charge on any atom is 0.647 e. The summed E-state index contributed by atoms with van der Waals surface area (Å²) < 4.78 is 25.5. The van der Waals surface area contributed by atoms with E-state index in [2.05, 4.69) is 4.52 Å². The molecule has 0 fully saturated rings. The number of fused-ring (bicyclic) bond motifs is 1. The standard InChI is InChI=1S/C6H2NO7P/c8-2-1-3-5-6(4(2)7(9)10)14-15(11,12-3)13-5/h1,8H. The topological polar surface area (TPSA) is 108 Å². The number of phosphoric acid groups is 1. The van der Waals surface area contributed by atoms with Crippen LogP contribution in [0.3, 0.4) is 0 Å². The van der Waals surface area contributed by atoms with E-state index in [4.69, 9.17) is 9.05 Å². The minimum Gasteiger partial charge on any atom is -0.502 e. The first-order chi connectivity index (χ1) is 7.00. The van der Waals surface area contributed by atoms with Gasteiger partial charge in [-0.1, -0.05) is 0 Å². The summed E-state index contributed by atoms with van der Waals surface area (Å²) in [5.41, 5.74) is -0.672. The number of nitrogens with zero attached hydrogens (tertiary/aromatic N) is 1. The van der Waals surface area contributed by atoms with Gasteiger partial charge in [-0.15, -0.1) is 0 Å². The molecule has 3 rings (SSSR count). The predicted octanol–water partition coefficient (Wildman–Crippen LogP) is 1.57. The Morgan fingerprint density at radius 2 is 2.00 bits per heavy atom. The summed E-state index contributed by atoms with van der Waals surface area (Å²) in [6.07, 6.45) is 0. The highest BCUT2D eigenvalue weighted by Crippen LogP contribution is 2.72. The largest absolute Gasteiger partial charge is 0.647 e. The highest BCUT2D eigenvalue weighted by atomic mass is 31.2. The molecule has 1 aromatic carbocycles. The van der Waals surface area contributed by atoms with Crippen molar-refractivity contribution in [2.24, 2.45) is 0 Å². The summed E-state index contributed by atoms with van der Waals surface area (Å²) in [6, 6.07) is 0.971. The average molecular weight is 231 g/mol. The van der Waals surface area contributed by atoms with E-state index in [0.29, 0.717) is 0 Å². The fraction of sp³-hybridized carbons (Fsp3) is 0. The lowest BCUT2D eigenvalue weighted by Gasteiger charge is -2.09. The first kappa shape index (κ1) is 8.37. The minimum absolute atomic E-state index is 0.0114. The van der Waals surface area contributed by atoms with E-state index in [0.717, 1.165) is 6.07 Å². The number of nitro benzene ring substituents is 1. The van der Waals surface area contributed by atoms with Crippen LogP contribution < -0.4 is 13.6 Å². The summed E-state index contributed by atoms with van der Waals surface area (Å²) >= 11 is 0. The second-order valence-electron chi connectivity index (χ2n) is 2.88. The van der Waals surface area contributed by atoms with Gasteiger partial charge in [0.2, 0.25) is 11.5 Å². The van der Waals surface area contributed by atoms with Gasteiger partial charge in [-0.2, -0.15) is 4.57 Å². The first-order valence-corrected chi connectivity index (χ1v) is 5.19. The number of benzene rings is 1. The van der Waals surface area contributed by atoms with Crippen molar-refractivity contribution < 1.29 is 28.2 Å². The number of rotatable bonds is 1. The molecule has 0 aromatic heterocycles. The predicted molar refractivity (Wildman–Crippen MR) is 44.3 cm³/mol. The molecule has 15 heavy (non-hydrogen) atoms. The molecule has 0 amide bonds. The molecule has 0 radical (unpaired) electrons. The van der Waals surface area contributed by atoms with E-state index < -0.39 is 24.2 Å². The zero-order valence-electron chi connectivity index (χ0n) is 6.87. The molecular formula is C6H2NO7P. The summed E-state index contributed by atoms with van der Waals surface area (Å²) in [7, 11) is -3.75. The van der Waals surface area contributed by atoms with Gasteiger partial charge in [-0.3, -0.25) is 10.1 Å². The van der Waals surface area contributed by atoms with E-state index in [1.54, 1.807) is 0 Å². The van der Waals surface area contributed by atoms with Crippen LogP contribution in [0.5, 0.6) is 23.0 Å². The van der Waals surface area contributed by atoms with Gasteiger partial charge >= 0.3 is 13.5 Å². The summed E-state index contributed by atoms with van der Waals surface area (Å²) in [4.78, 5) is 9.75. The fourth-order valence-corrected chi connectivity index (χ4v) is 2.69. The molecule has 2 aliphatic heterocycles. The zero-order valence-corrected chi connectivity index (χ0v) is 7.76. The van der Waals surface area contributed by atoms with E-state index in [1.165, 1.54) is 0 Å². The van der Waals surface area contributed by atoms with Crippen LogP contribution in [0.1, 0.15) is 0 Å². The quantitative estimate of drug-likeness (QED) is 0.443. The lowest BCUT2D eigenvalue weighted by Crippen LogP contribution is -2.00. The molecule has 9 heteroatoms. The van der Waals surface area contributed by atoms with Crippen molar-refractivity contribution in [1.82, 2.24) is 0 Å². The monoisotopic (exact) mass is 231 g/mol. The van der Waals surface area contributed by atoms with Gasteiger partial charge in [-0.25, -0.2) is 0 Å². The van der Waals surface area contributed by atoms with Crippen molar-refractivity contribution in [1.29, 1.82) is 0 Å². The van der Waals surface area contributed by atoms with Crippen LogP contribution in [0.4, 0.5) is 5.69 Å². The van der Waals surface area contributed by atoms with Crippen LogP contribution >= 0.6 is 7.82 Å². The van der Waals surface area contributed by atoms with Crippen molar-refractivity contribution in [3.05, 3.63) is 16.2 Å². The molecular weight excluding hydrogens is 229 g/mol. The lowest BCUT2D eigenvalue weighted by atomic mass is 10.2. The van der Waals surface area contributed by atoms with E-state index in [-0.39, 0.29) is 17.2 Å². The molecule has 1 unspecified atom stereocenters. The lowest BCUT2D eigenvalue weighted by molar-refractivity contribution is -0.386. The number of hydrogen-bond acceptors (Lipinski definition) is 7. The van der Waals surface area contributed by atoms with Crippen LogP contribution in [0.2, 0.25) is 0 Å². The Balaban J connectivity index is 2.36. The maximum atomic E-state index is 11.4. The van der Waals surface area contributed by atoms with Crippen LogP contribution in [0.25, 0.3) is 0 Å². The molecule has 1 aromatic rings. The Bertz CT molecular complexity index is 553. The maximum absolute atomic E-state index is 11.4. The Morgan fingerprint density at radius 3 is 2.60 bits per heavy atom. The van der Waals surface area contributed by atoms with Gasteiger partial charge in [-0.05, 0) is 0 Å². The fourth-order valence-electron chi connectivity index (χ4n) is 1.41. The Kier molecular flexibility index (Phi) is 1.21. The SMILES string of the molecule is O=[N+]([O-])c1c(O)cc2c3c1OP(=O)(O2)O3. The molecule has 0 aliphatic carbocycles. The molecule has 2 heterocycles. The number of phenolic OH excluding ortho intramolecular Hbond substituents is 1. The van der Waals surface area contributed by atoms with E-state index in [9.17, 15) is 19.8 Å². The molecule has 0 saturated carbocycles.